The van der Waals surface area contributed by atoms with Gasteiger partial charge in [-0.2, -0.15) is 0 Å². The molecule has 3 N–H and O–H groups in total. The molecule has 0 radical (unpaired) electrons. The average Bonchev–Trinajstić information content (AvgIpc) is 2.86. The number of hydroxylamine groups is 1. The molecule has 0 spiro atoms. The number of amides is 3. The van der Waals surface area contributed by atoms with E-state index in [1.54, 1.807) is 42.5 Å². The highest BCUT2D eigenvalue weighted by molar-refractivity contribution is 7.90. The van der Waals surface area contributed by atoms with E-state index in [0.29, 0.717) is 13.0 Å². The van der Waals surface area contributed by atoms with Crippen LogP contribution in [0.5, 0.6) is 0 Å². The summed E-state index contributed by atoms with van der Waals surface area (Å²) >= 11 is 0. The van der Waals surface area contributed by atoms with Gasteiger partial charge in [0.25, 0.3) is 15.9 Å². The van der Waals surface area contributed by atoms with Crippen LogP contribution in [0.1, 0.15) is 16.7 Å². The number of hydrogen-bond donors (Lipinski definition) is 3. The molecule has 8 nitrogen and oxygen atoms in total. The summed E-state index contributed by atoms with van der Waals surface area (Å²) < 4.78 is 27.5. The monoisotopic (exact) mass is 479 g/mol. The Morgan fingerprint density at radius 1 is 0.853 bits per heavy atom. The second-order valence-corrected chi connectivity index (χ2v) is 9.11. The molecule has 3 amide bonds. The first kappa shape index (κ1) is 24.7. The molecule has 3 rings (SSSR count). The maximum atomic E-state index is 13.0. The van der Waals surface area contributed by atoms with Gasteiger partial charge in [-0.3, -0.25) is 10.0 Å². The lowest BCUT2D eigenvalue weighted by atomic mass is 10.1. The first-order valence-corrected chi connectivity index (χ1v) is 12.0. The average molecular weight is 480 g/mol. The zero-order chi connectivity index (χ0) is 24.4. The summed E-state index contributed by atoms with van der Waals surface area (Å²) in [4.78, 5) is 25.6. The molecule has 0 bridgehead atoms. The molecule has 0 aliphatic rings. The van der Waals surface area contributed by atoms with Gasteiger partial charge in [0.2, 0.25) is 0 Å². The quantitative estimate of drug-likeness (QED) is 0.247. The Balaban J connectivity index is 1.75. The van der Waals surface area contributed by atoms with Crippen LogP contribution in [0.2, 0.25) is 0 Å². The minimum atomic E-state index is -4.01. The van der Waals surface area contributed by atoms with Gasteiger partial charge < -0.3 is 4.90 Å². The summed E-state index contributed by atoms with van der Waals surface area (Å²) in [5.41, 5.74) is 4.04. The van der Waals surface area contributed by atoms with Crippen LogP contribution < -0.4 is 10.2 Å². The predicted molar refractivity (Wildman–Crippen MR) is 128 cm³/mol. The van der Waals surface area contributed by atoms with Crippen LogP contribution >= 0.6 is 0 Å². The molecule has 9 heteroatoms. The predicted octanol–water partition coefficient (Wildman–Crippen LogP) is 3.35. The lowest BCUT2D eigenvalue weighted by Gasteiger charge is -2.23. The van der Waals surface area contributed by atoms with E-state index in [-0.39, 0.29) is 11.4 Å². The van der Waals surface area contributed by atoms with Gasteiger partial charge in [-0.25, -0.2) is 23.4 Å². The van der Waals surface area contributed by atoms with E-state index >= 15 is 0 Å². The number of benzene rings is 3. The van der Waals surface area contributed by atoms with E-state index < -0.39 is 22.0 Å². The van der Waals surface area contributed by atoms with Gasteiger partial charge in [-0.05, 0) is 41.3 Å². The Bertz CT molecular complexity index is 1230. The van der Waals surface area contributed by atoms with E-state index in [9.17, 15) is 18.0 Å². The van der Waals surface area contributed by atoms with Crippen molar-refractivity contribution in [3.05, 3.63) is 108 Å². The third-order valence-electron chi connectivity index (χ3n) is 4.97. The van der Waals surface area contributed by atoms with Crippen LogP contribution in [0.4, 0.5) is 4.79 Å². The molecule has 176 valence electrons. The minimum absolute atomic E-state index is 0.00872. The Morgan fingerprint density at radius 3 is 2.09 bits per heavy atom. The molecule has 0 saturated heterocycles. The van der Waals surface area contributed by atoms with Gasteiger partial charge in [0.05, 0.1) is 4.90 Å². The topological polar surface area (TPSA) is 116 Å². The molecular weight excluding hydrogens is 454 g/mol. The Kier molecular flexibility index (Phi) is 8.55. The first-order valence-electron chi connectivity index (χ1n) is 10.5. The van der Waals surface area contributed by atoms with Crippen molar-refractivity contribution in [3.63, 3.8) is 0 Å². The smallest absolute Gasteiger partial charge is 0.319 e. The molecule has 0 atom stereocenters. The molecule has 3 aromatic rings. The number of rotatable bonds is 9. The Hall–Kier alpha value is -3.95. The van der Waals surface area contributed by atoms with Gasteiger partial charge in [-0.1, -0.05) is 72.8 Å². The molecule has 3 aromatic carbocycles. The fraction of sp³-hybridized carbons (Fsp3) is 0.120. The van der Waals surface area contributed by atoms with Crippen molar-refractivity contribution in [2.45, 2.75) is 17.9 Å². The van der Waals surface area contributed by atoms with Gasteiger partial charge >= 0.3 is 6.03 Å². The molecule has 34 heavy (non-hydrogen) atoms. The molecule has 0 aliphatic heterocycles. The number of hydrogen-bond acceptors (Lipinski definition) is 5. The highest BCUT2D eigenvalue weighted by atomic mass is 32.2. The Labute approximate surface area is 198 Å². The summed E-state index contributed by atoms with van der Waals surface area (Å²) in [6, 6.07) is 23.7. The van der Waals surface area contributed by atoms with Crippen LogP contribution in [0.25, 0.3) is 6.08 Å². The van der Waals surface area contributed by atoms with E-state index in [1.165, 1.54) is 34.7 Å². The third-order valence-corrected chi connectivity index (χ3v) is 6.30. The van der Waals surface area contributed by atoms with Crippen LogP contribution in [-0.4, -0.2) is 37.0 Å². The summed E-state index contributed by atoms with van der Waals surface area (Å²) in [6.45, 7) is 0.489. The Morgan fingerprint density at radius 2 is 1.47 bits per heavy atom. The highest BCUT2D eigenvalue weighted by Crippen LogP contribution is 2.13. The molecule has 0 aromatic heterocycles. The number of sulfonamides is 1. The molecule has 0 fully saturated rings. The van der Waals surface area contributed by atoms with Crippen molar-refractivity contribution in [2.75, 3.05) is 6.54 Å². The molecular formula is C25H25N3O5S. The third kappa shape index (κ3) is 7.29. The fourth-order valence-corrected chi connectivity index (χ4v) is 4.16. The highest BCUT2D eigenvalue weighted by Gasteiger charge is 2.22. The summed E-state index contributed by atoms with van der Waals surface area (Å²) in [7, 11) is -4.01. The lowest BCUT2D eigenvalue weighted by Crippen LogP contribution is -2.43. The fourth-order valence-electron chi connectivity index (χ4n) is 3.16. The second-order valence-electron chi connectivity index (χ2n) is 7.43. The van der Waals surface area contributed by atoms with Gasteiger partial charge in [0.1, 0.15) is 0 Å². The second kappa shape index (κ2) is 11.8. The van der Waals surface area contributed by atoms with E-state index in [0.717, 1.165) is 16.7 Å². The van der Waals surface area contributed by atoms with Crippen molar-refractivity contribution >= 4 is 28.0 Å². The van der Waals surface area contributed by atoms with Gasteiger partial charge in [0, 0.05) is 19.2 Å². The lowest BCUT2D eigenvalue weighted by molar-refractivity contribution is -0.124. The van der Waals surface area contributed by atoms with Crippen LogP contribution in [0.15, 0.2) is 95.9 Å². The van der Waals surface area contributed by atoms with Crippen LogP contribution in [-0.2, 0) is 27.8 Å². The minimum Gasteiger partial charge on any atom is -0.319 e. The summed E-state index contributed by atoms with van der Waals surface area (Å²) in [6.07, 6.45) is 3.27. The number of carbonyl (C=O) groups excluding carboxylic acids is 2. The zero-order valence-electron chi connectivity index (χ0n) is 18.3. The molecule has 0 heterocycles. The molecule has 0 aliphatic carbocycles. The van der Waals surface area contributed by atoms with Crippen molar-refractivity contribution in [1.29, 1.82) is 0 Å². The number of urea groups is 1. The van der Waals surface area contributed by atoms with Gasteiger partial charge in [-0.15, -0.1) is 0 Å². The zero-order valence-corrected chi connectivity index (χ0v) is 19.1. The number of nitrogens with zero attached hydrogens (tertiary/aromatic N) is 1. The van der Waals surface area contributed by atoms with Crippen molar-refractivity contribution < 1.29 is 23.2 Å². The van der Waals surface area contributed by atoms with E-state index in [2.05, 4.69) is 4.72 Å². The van der Waals surface area contributed by atoms with E-state index in [1.807, 2.05) is 30.3 Å². The van der Waals surface area contributed by atoms with Crippen molar-refractivity contribution in [1.82, 2.24) is 15.1 Å². The van der Waals surface area contributed by atoms with Crippen molar-refractivity contribution in [2.24, 2.45) is 0 Å². The normalized spacial score (nSPS) is 11.2. The van der Waals surface area contributed by atoms with Crippen LogP contribution in [0.3, 0.4) is 0 Å². The van der Waals surface area contributed by atoms with E-state index in [4.69, 9.17) is 5.21 Å². The number of nitrogens with one attached hydrogen (secondary N) is 2. The standard InChI is InChI=1S/C25H25N3O5S/c29-24(26-31)16-15-21-11-13-22(14-12-21)19-28(18-17-20-7-3-1-4-8-20)25(30)27-34(32,33)23-9-5-2-6-10-23/h1-16,31H,17-19H2,(H,26,29)(H,27,30)/b16-15+. The largest absolute Gasteiger partial charge is 0.331 e. The summed E-state index contributed by atoms with van der Waals surface area (Å²) in [5, 5.41) is 8.56. The molecule has 0 unspecified atom stereocenters. The number of carbonyl (C=O) groups is 2. The van der Waals surface area contributed by atoms with Crippen molar-refractivity contribution in [3.8, 4) is 0 Å². The van der Waals surface area contributed by atoms with Crippen LogP contribution in [0, 0.1) is 0 Å². The maximum Gasteiger partial charge on any atom is 0.331 e. The molecule has 0 saturated carbocycles. The maximum absolute atomic E-state index is 13.0. The van der Waals surface area contributed by atoms with Gasteiger partial charge in [0.15, 0.2) is 0 Å². The summed E-state index contributed by atoms with van der Waals surface area (Å²) in [5.74, 6) is -0.646. The first-order chi connectivity index (χ1) is 16.4. The SMILES string of the molecule is O=C(/C=C/c1ccc(CN(CCc2ccccc2)C(=O)NS(=O)(=O)c2ccccc2)cc1)NO.